The van der Waals surface area contributed by atoms with E-state index in [1.54, 1.807) is 0 Å². The molecule has 88 valence electrons. The molecule has 0 aromatic carbocycles. The van der Waals surface area contributed by atoms with Crippen LogP contribution < -0.4 is 5.32 Å². The molecule has 0 spiro atoms. The monoisotopic (exact) mass is 213 g/mol. The Morgan fingerprint density at radius 3 is 2.33 bits per heavy atom. The second kappa shape index (κ2) is 5.50. The van der Waals surface area contributed by atoms with Crippen LogP contribution in [0, 0.1) is 5.92 Å². The van der Waals surface area contributed by atoms with Gasteiger partial charge >= 0.3 is 0 Å². The Kier molecular flexibility index (Phi) is 4.58. The fourth-order valence-corrected chi connectivity index (χ4v) is 2.12. The minimum atomic E-state index is -0.000324. The summed E-state index contributed by atoms with van der Waals surface area (Å²) in [7, 11) is 0. The first-order valence-corrected chi connectivity index (χ1v) is 6.07. The van der Waals surface area contributed by atoms with E-state index >= 15 is 0 Å². The molecule has 0 saturated carbocycles. The van der Waals surface area contributed by atoms with E-state index in [0.717, 1.165) is 32.3 Å². The van der Waals surface area contributed by atoms with Gasteiger partial charge in [-0.05, 0) is 25.7 Å². The second-order valence-corrected chi connectivity index (χ2v) is 4.39. The number of hydrogen-bond donors (Lipinski definition) is 1. The van der Waals surface area contributed by atoms with Crippen LogP contribution in [0.2, 0.25) is 0 Å². The summed E-state index contributed by atoms with van der Waals surface area (Å²) >= 11 is 0. The highest BCUT2D eigenvalue weighted by Crippen LogP contribution is 2.21. The Morgan fingerprint density at radius 2 is 1.93 bits per heavy atom. The summed E-state index contributed by atoms with van der Waals surface area (Å²) in [5.74, 6) is 0.257. The molecule has 1 atom stereocenters. The van der Waals surface area contributed by atoms with Gasteiger partial charge in [-0.3, -0.25) is 4.79 Å². The van der Waals surface area contributed by atoms with E-state index in [1.807, 2.05) is 0 Å². The van der Waals surface area contributed by atoms with Crippen LogP contribution in [-0.2, 0) is 9.53 Å². The van der Waals surface area contributed by atoms with E-state index in [1.165, 1.54) is 0 Å². The number of hydrogen-bond acceptors (Lipinski definition) is 2. The van der Waals surface area contributed by atoms with Gasteiger partial charge in [0.25, 0.3) is 0 Å². The summed E-state index contributed by atoms with van der Waals surface area (Å²) in [6.07, 6.45) is 3.87. The predicted octanol–water partition coefficient (Wildman–Crippen LogP) is 2.11. The van der Waals surface area contributed by atoms with Crippen molar-refractivity contribution in [2.45, 2.75) is 52.0 Å². The molecule has 0 aliphatic carbocycles. The van der Waals surface area contributed by atoms with Gasteiger partial charge in [0.2, 0.25) is 5.91 Å². The van der Waals surface area contributed by atoms with Crippen molar-refractivity contribution < 1.29 is 9.53 Å². The number of carbonyl (C=O) groups excluding carboxylic acids is 1. The normalized spacial score (nSPS) is 21.7. The van der Waals surface area contributed by atoms with Gasteiger partial charge in [0.05, 0.1) is 12.5 Å². The average Bonchev–Trinajstić information content (AvgIpc) is 2.79. The molecule has 1 aliphatic rings. The summed E-state index contributed by atoms with van der Waals surface area (Å²) < 4.78 is 5.23. The van der Waals surface area contributed by atoms with E-state index in [0.29, 0.717) is 6.61 Å². The van der Waals surface area contributed by atoms with Crippen molar-refractivity contribution in [2.75, 3.05) is 13.2 Å². The summed E-state index contributed by atoms with van der Waals surface area (Å²) in [5.41, 5.74) is -0.000324. The lowest BCUT2D eigenvalue weighted by molar-refractivity contribution is -0.127. The van der Waals surface area contributed by atoms with Gasteiger partial charge < -0.3 is 10.1 Å². The van der Waals surface area contributed by atoms with Gasteiger partial charge in [0, 0.05) is 12.1 Å². The summed E-state index contributed by atoms with van der Waals surface area (Å²) in [5, 5.41) is 3.20. The smallest absolute Gasteiger partial charge is 0.225 e. The molecule has 3 nitrogen and oxygen atoms in total. The van der Waals surface area contributed by atoms with Crippen molar-refractivity contribution in [2.24, 2.45) is 5.92 Å². The lowest BCUT2D eigenvalue weighted by Crippen LogP contribution is -2.49. The number of carbonyl (C=O) groups is 1. The summed E-state index contributed by atoms with van der Waals surface area (Å²) in [6.45, 7) is 7.74. The van der Waals surface area contributed by atoms with Gasteiger partial charge in [-0.1, -0.05) is 20.8 Å². The Balaban J connectivity index is 2.53. The number of ether oxygens (including phenoxy) is 1. The van der Waals surface area contributed by atoms with Crippen LogP contribution in [0.25, 0.3) is 0 Å². The van der Waals surface area contributed by atoms with Gasteiger partial charge in [-0.2, -0.15) is 0 Å². The molecule has 0 bridgehead atoms. The maximum atomic E-state index is 11.9. The van der Waals surface area contributed by atoms with Crippen LogP contribution in [-0.4, -0.2) is 24.7 Å². The SMILES string of the molecule is CCC(CC)(CC)NC(=O)[C@@H]1CCOC1. The van der Waals surface area contributed by atoms with E-state index < -0.39 is 0 Å². The fourth-order valence-electron chi connectivity index (χ4n) is 2.12. The highest BCUT2D eigenvalue weighted by Gasteiger charge is 2.31. The number of amides is 1. The zero-order valence-electron chi connectivity index (χ0n) is 10.1. The first kappa shape index (κ1) is 12.5. The van der Waals surface area contributed by atoms with Crippen LogP contribution >= 0.6 is 0 Å². The average molecular weight is 213 g/mol. The van der Waals surface area contributed by atoms with E-state index in [2.05, 4.69) is 26.1 Å². The van der Waals surface area contributed by atoms with Crippen molar-refractivity contribution in [1.82, 2.24) is 5.32 Å². The third-order valence-corrected chi connectivity index (χ3v) is 3.72. The Labute approximate surface area is 92.6 Å². The molecule has 0 aromatic rings. The highest BCUT2D eigenvalue weighted by atomic mass is 16.5. The minimum absolute atomic E-state index is 0.000324. The van der Waals surface area contributed by atoms with Crippen LogP contribution in [0.5, 0.6) is 0 Å². The molecule has 1 amide bonds. The Hall–Kier alpha value is -0.570. The molecule has 0 aromatic heterocycles. The molecule has 0 unspecified atom stereocenters. The third-order valence-electron chi connectivity index (χ3n) is 3.72. The zero-order chi connectivity index (χ0) is 11.3. The molecule has 1 aliphatic heterocycles. The molecule has 15 heavy (non-hydrogen) atoms. The van der Waals surface area contributed by atoms with Gasteiger partial charge in [0.1, 0.15) is 0 Å². The van der Waals surface area contributed by atoms with Crippen molar-refractivity contribution in [3.05, 3.63) is 0 Å². The Morgan fingerprint density at radius 1 is 1.33 bits per heavy atom. The van der Waals surface area contributed by atoms with Crippen molar-refractivity contribution >= 4 is 5.91 Å². The molecular formula is C12H23NO2. The van der Waals surface area contributed by atoms with Gasteiger partial charge in [-0.15, -0.1) is 0 Å². The zero-order valence-corrected chi connectivity index (χ0v) is 10.1. The molecule has 0 radical (unpaired) electrons. The van der Waals surface area contributed by atoms with E-state index in [9.17, 15) is 4.79 Å². The number of nitrogens with one attached hydrogen (secondary N) is 1. The van der Waals surface area contributed by atoms with Crippen molar-refractivity contribution in [3.8, 4) is 0 Å². The van der Waals surface area contributed by atoms with E-state index in [4.69, 9.17) is 4.74 Å². The maximum absolute atomic E-state index is 11.9. The largest absolute Gasteiger partial charge is 0.381 e. The highest BCUT2D eigenvalue weighted by molar-refractivity contribution is 5.79. The van der Waals surface area contributed by atoms with Crippen LogP contribution in [0.1, 0.15) is 46.5 Å². The van der Waals surface area contributed by atoms with Crippen LogP contribution in [0.3, 0.4) is 0 Å². The molecule has 1 fully saturated rings. The first-order chi connectivity index (χ1) is 7.17. The van der Waals surface area contributed by atoms with E-state index in [-0.39, 0.29) is 17.4 Å². The maximum Gasteiger partial charge on any atom is 0.225 e. The van der Waals surface area contributed by atoms with Gasteiger partial charge in [0.15, 0.2) is 0 Å². The standard InChI is InChI=1S/C12H23NO2/c1-4-12(5-2,6-3)13-11(14)10-7-8-15-9-10/h10H,4-9H2,1-3H3,(H,13,14)/t10-/m1/s1. The topological polar surface area (TPSA) is 38.3 Å². The number of rotatable bonds is 5. The minimum Gasteiger partial charge on any atom is -0.381 e. The third kappa shape index (κ3) is 2.94. The molecule has 1 saturated heterocycles. The lowest BCUT2D eigenvalue weighted by Gasteiger charge is -2.32. The summed E-state index contributed by atoms with van der Waals surface area (Å²) in [6, 6.07) is 0. The fraction of sp³-hybridized carbons (Fsp3) is 0.917. The second-order valence-electron chi connectivity index (χ2n) is 4.39. The molecule has 1 heterocycles. The van der Waals surface area contributed by atoms with Crippen LogP contribution in [0.15, 0.2) is 0 Å². The molecule has 1 N–H and O–H groups in total. The first-order valence-electron chi connectivity index (χ1n) is 6.07. The predicted molar refractivity (Wildman–Crippen MR) is 60.7 cm³/mol. The quantitative estimate of drug-likeness (QED) is 0.759. The van der Waals surface area contributed by atoms with Crippen molar-refractivity contribution in [3.63, 3.8) is 0 Å². The summed E-state index contributed by atoms with van der Waals surface area (Å²) in [4.78, 5) is 11.9. The molecule has 1 rings (SSSR count). The van der Waals surface area contributed by atoms with Gasteiger partial charge in [-0.25, -0.2) is 0 Å². The Bertz CT molecular complexity index is 197. The molecule has 3 heteroatoms. The van der Waals surface area contributed by atoms with Crippen LogP contribution in [0.4, 0.5) is 0 Å². The lowest BCUT2D eigenvalue weighted by atomic mass is 9.89. The van der Waals surface area contributed by atoms with Crippen molar-refractivity contribution in [1.29, 1.82) is 0 Å². The molecular weight excluding hydrogens is 190 g/mol.